The summed E-state index contributed by atoms with van der Waals surface area (Å²) in [5.74, 6) is 0.409. The maximum absolute atomic E-state index is 12.6. The van der Waals surface area contributed by atoms with Crippen LogP contribution in [0.25, 0.3) is 0 Å². The molecule has 1 aliphatic heterocycles. The summed E-state index contributed by atoms with van der Waals surface area (Å²) in [6, 6.07) is 7.99. The zero-order chi connectivity index (χ0) is 17.1. The van der Waals surface area contributed by atoms with E-state index in [1.807, 2.05) is 23.1 Å². The zero-order valence-corrected chi connectivity index (χ0v) is 14.3. The number of hydrogen-bond acceptors (Lipinski definition) is 5. The molecule has 1 aromatic carbocycles. The van der Waals surface area contributed by atoms with Gasteiger partial charge in [-0.1, -0.05) is 30.0 Å². The smallest absolute Gasteiger partial charge is 0.237 e. The number of primary amides is 1. The quantitative estimate of drug-likeness (QED) is 0.820. The fourth-order valence-corrected chi connectivity index (χ4v) is 3.66. The molecule has 2 heterocycles. The number of carbonyl (C=O) groups excluding carboxylic acids is 2. The van der Waals surface area contributed by atoms with Gasteiger partial charge in [0.15, 0.2) is 5.16 Å². The van der Waals surface area contributed by atoms with E-state index < -0.39 is 5.91 Å². The summed E-state index contributed by atoms with van der Waals surface area (Å²) >= 11 is 1.28. The van der Waals surface area contributed by atoms with Crippen molar-refractivity contribution in [3.63, 3.8) is 0 Å². The Kier molecular flexibility index (Phi) is 4.84. The van der Waals surface area contributed by atoms with Gasteiger partial charge in [0, 0.05) is 12.2 Å². The second-order valence-electron chi connectivity index (χ2n) is 5.65. The van der Waals surface area contributed by atoms with Crippen LogP contribution in [0.2, 0.25) is 0 Å². The van der Waals surface area contributed by atoms with Crippen molar-refractivity contribution in [3.05, 3.63) is 35.7 Å². The van der Waals surface area contributed by atoms with Crippen LogP contribution >= 0.6 is 11.8 Å². The SMILES string of the molecule is Cc1nnc(SCC(=O)N2CCCc3ccccc32)n1CC(N)=O. The Bertz CT molecular complexity index is 774. The molecule has 2 amide bonds. The Morgan fingerprint density at radius 1 is 1.29 bits per heavy atom. The Morgan fingerprint density at radius 2 is 2.08 bits per heavy atom. The number of amides is 2. The fourth-order valence-electron chi connectivity index (χ4n) is 2.80. The van der Waals surface area contributed by atoms with Crippen molar-refractivity contribution in [2.75, 3.05) is 17.2 Å². The number of thioether (sulfide) groups is 1. The molecule has 126 valence electrons. The largest absolute Gasteiger partial charge is 0.368 e. The normalized spacial score (nSPS) is 13.6. The highest BCUT2D eigenvalue weighted by atomic mass is 32.2. The van der Waals surface area contributed by atoms with Gasteiger partial charge in [-0.3, -0.25) is 14.2 Å². The van der Waals surface area contributed by atoms with E-state index in [1.165, 1.54) is 17.3 Å². The third kappa shape index (κ3) is 3.43. The average Bonchev–Trinajstić information content (AvgIpc) is 2.92. The van der Waals surface area contributed by atoms with Crippen molar-refractivity contribution in [3.8, 4) is 0 Å². The first-order valence-corrected chi connectivity index (χ1v) is 8.74. The predicted octanol–water partition coefficient (Wildman–Crippen LogP) is 1.14. The van der Waals surface area contributed by atoms with Gasteiger partial charge in [-0.05, 0) is 31.4 Å². The molecule has 0 saturated carbocycles. The van der Waals surface area contributed by atoms with E-state index in [-0.39, 0.29) is 18.2 Å². The minimum atomic E-state index is -0.462. The van der Waals surface area contributed by atoms with Crippen molar-refractivity contribution in [1.29, 1.82) is 0 Å². The second kappa shape index (κ2) is 7.04. The van der Waals surface area contributed by atoms with Gasteiger partial charge in [-0.15, -0.1) is 10.2 Å². The first-order valence-electron chi connectivity index (χ1n) is 7.75. The van der Waals surface area contributed by atoms with Crippen LogP contribution in [0.1, 0.15) is 17.8 Å². The molecule has 8 heteroatoms. The van der Waals surface area contributed by atoms with E-state index in [0.717, 1.165) is 25.1 Å². The van der Waals surface area contributed by atoms with Crippen LogP contribution in [0.3, 0.4) is 0 Å². The van der Waals surface area contributed by atoms with Crippen LogP contribution in [-0.4, -0.2) is 38.9 Å². The summed E-state index contributed by atoms with van der Waals surface area (Å²) in [6.07, 6.45) is 1.96. The molecule has 0 spiro atoms. The molecular weight excluding hydrogens is 326 g/mol. The third-order valence-electron chi connectivity index (χ3n) is 3.95. The number of nitrogens with zero attached hydrogens (tertiary/aromatic N) is 4. The molecule has 0 unspecified atom stereocenters. The Hall–Kier alpha value is -2.35. The van der Waals surface area contributed by atoms with E-state index in [9.17, 15) is 9.59 Å². The molecule has 0 radical (unpaired) electrons. The minimum Gasteiger partial charge on any atom is -0.368 e. The Balaban J connectivity index is 1.70. The van der Waals surface area contributed by atoms with Gasteiger partial charge in [0.25, 0.3) is 0 Å². The molecule has 1 aromatic heterocycles. The number of anilines is 1. The summed E-state index contributed by atoms with van der Waals surface area (Å²) in [5.41, 5.74) is 7.44. The van der Waals surface area contributed by atoms with Crippen LogP contribution in [-0.2, 0) is 22.6 Å². The molecule has 1 aliphatic rings. The molecule has 0 saturated heterocycles. The van der Waals surface area contributed by atoms with E-state index in [1.54, 1.807) is 11.5 Å². The molecule has 3 rings (SSSR count). The third-order valence-corrected chi connectivity index (χ3v) is 4.90. The van der Waals surface area contributed by atoms with Crippen molar-refractivity contribution in [1.82, 2.24) is 14.8 Å². The number of benzene rings is 1. The molecular formula is C16H19N5O2S. The number of para-hydroxylation sites is 1. The second-order valence-corrected chi connectivity index (χ2v) is 6.59. The summed E-state index contributed by atoms with van der Waals surface area (Å²) in [7, 11) is 0. The van der Waals surface area contributed by atoms with Crippen molar-refractivity contribution in [2.24, 2.45) is 5.73 Å². The molecule has 0 bridgehead atoms. The average molecular weight is 345 g/mol. The minimum absolute atomic E-state index is 0.0158. The molecule has 2 aromatic rings. The highest BCUT2D eigenvalue weighted by Crippen LogP contribution is 2.28. The van der Waals surface area contributed by atoms with Crippen LogP contribution < -0.4 is 10.6 Å². The van der Waals surface area contributed by atoms with Gasteiger partial charge in [0.2, 0.25) is 11.8 Å². The lowest BCUT2D eigenvalue weighted by molar-refractivity contribution is -0.118. The first-order chi connectivity index (χ1) is 11.6. The predicted molar refractivity (Wildman–Crippen MR) is 91.8 cm³/mol. The van der Waals surface area contributed by atoms with Gasteiger partial charge < -0.3 is 10.6 Å². The molecule has 0 fully saturated rings. The van der Waals surface area contributed by atoms with Crippen LogP contribution in [0, 0.1) is 6.92 Å². The Labute approximate surface area is 144 Å². The molecule has 2 N–H and O–H groups in total. The topological polar surface area (TPSA) is 94.1 Å². The summed E-state index contributed by atoms with van der Waals surface area (Å²) in [5, 5.41) is 8.52. The molecule has 7 nitrogen and oxygen atoms in total. The molecule has 0 aliphatic carbocycles. The van der Waals surface area contributed by atoms with Gasteiger partial charge >= 0.3 is 0 Å². The van der Waals surface area contributed by atoms with E-state index in [0.29, 0.717) is 11.0 Å². The number of nitrogens with two attached hydrogens (primary N) is 1. The fraction of sp³-hybridized carbons (Fsp3) is 0.375. The number of carbonyl (C=O) groups is 2. The first kappa shape index (κ1) is 16.5. The van der Waals surface area contributed by atoms with Gasteiger partial charge in [0.1, 0.15) is 12.4 Å². The highest BCUT2D eigenvalue weighted by Gasteiger charge is 2.23. The zero-order valence-electron chi connectivity index (χ0n) is 13.4. The van der Waals surface area contributed by atoms with Crippen molar-refractivity contribution >= 4 is 29.3 Å². The summed E-state index contributed by atoms with van der Waals surface area (Å²) in [4.78, 5) is 25.6. The lowest BCUT2D eigenvalue weighted by Crippen LogP contribution is -2.36. The lowest BCUT2D eigenvalue weighted by atomic mass is 10.0. The van der Waals surface area contributed by atoms with Crippen molar-refractivity contribution < 1.29 is 9.59 Å². The van der Waals surface area contributed by atoms with Gasteiger partial charge in [-0.2, -0.15) is 0 Å². The van der Waals surface area contributed by atoms with Gasteiger partial charge in [-0.25, -0.2) is 0 Å². The van der Waals surface area contributed by atoms with Crippen LogP contribution in [0.4, 0.5) is 5.69 Å². The number of rotatable bonds is 5. The van der Waals surface area contributed by atoms with E-state index >= 15 is 0 Å². The standard InChI is InChI=1S/C16H19N5O2S/c1-11-18-19-16(21(11)9-14(17)22)24-10-15(23)20-8-4-6-12-5-2-3-7-13(12)20/h2-3,5,7H,4,6,8-10H2,1H3,(H2,17,22). The number of fused-ring (bicyclic) bond motifs is 1. The van der Waals surface area contributed by atoms with Crippen LogP contribution in [0.5, 0.6) is 0 Å². The van der Waals surface area contributed by atoms with Crippen molar-refractivity contribution in [2.45, 2.75) is 31.5 Å². The number of aromatic nitrogens is 3. The summed E-state index contributed by atoms with van der Waals surface area (Å²) < 4.78 is 1.63. The van der Waals surface area contributed by atoms with Gasteiger partial charge in [0.05, 0.1) is 5.75 Å². The molecule has 0 atom stereocenters. The Morgan fingerprint density at radius 3 is 2.88 bits per heavy atom. The monoisotopic (exact) mass is 345 g/mol. The van der Waals surface area contributed by atoms with E-state index in [2.05, 4.69) is 16.3 Å². The number of hydrogen-bond donors (Lipinski definition) is 1. The number of aryl methyl sites for hydroxylation is 2. The highest BCUT2D eigenvalue weighted by molar-refractivity contribution is 7.99. The summed E-state index contributed by atoms with van der Waals surface area (Å²) in [6.45, 7) is 2.49. The maximum Gasteiger partial charge on any atom is 0.237 e. The molecule has 24 heavy (non-hydrogen) atoms. The lowest BCUT2D eigenvalue weighted by Gasteiger charge is -2.29. The maximum atomic E-state index is 12.6. The van der Waals surface area contributed by atoms with E-state index in [4.69, 9.17) is 5.73 Å². The van der Waals surface area contributed by atoms with Crippen LogP contribution in [0.15, 0.2) is 29.4 Å².